The molecule has 1 amide bonds. The molecule has 22 heavy (non-hydrogen) atoms. The first-order chi connectivity index (χ1) is 10.7. The highest BCUT2D eigenvalue weighted by Gasteiger charge is 2.31. The van der Waals surface area contributed by atoms with Crippen LogP contribution in [0, 0.1) is 0 Å². The molecule has 1 N–H and O–H groups in total. The molecule has 0 radical (unpaired) electrons. The van der Waals surface area contributed by atoms with E-state index in [0.29, 0.717) is 32.2 Å². The lowest BCUT2D eigenvalue weighted by molar-refractivity contribution is -0.132. The standard InChI is InChI=1S/C18H26N2O2/c21-17-12-19(16-9-5-2-6-10-16)14-18(22)20(13-17)11-15-7-3-1-4-8-15/h1,3-4,7-8,16-17,21H,2,5-6,9-14H2. The van der Waals surface area contributed by atoms with Crippen molar-refractivity contribution in [1.82, 2.24) is 9.80 Å². The Kier molecular flexibility index (Phi) is 5.11. The number of amides is 1. The molecule has 1 aliphatic heterocycles. The Labute approximate surface area is 132 Å². The van der Waals surface area contributed by atoms with E-state index in [2.05, 4.69) is 4.90 Å². The van der Waals surface area contributed by atoms with Crippen molar-refractivity contribution >= 4 is 5.91 Å². The molecule has 1 atom stereocenters. The SMILES string of the molecule is O=C1CN(C2CCCCC2)CC(O)CN1Cc1ccccc1. The molecule has 1 aromatic rings. The van der Waals surface area contributed by atoms with Gasteiger partial charge in [0.15, 0.2) is 0 Å². The van der Waals surface area contributed by atoms with E-state index < -0.39 is 6.10 Å². The molecule has 4 nitrogen and oxygen atoms in total. The van der Waals surface area contributed by atoms with Gasteiger partial charge in [-0.25, -0.2) is 0 Å². The minimum Gasteiger partial charge on any atom is -0.390 e. The quantitative estimate of drug-likeness (QED) is 0.929. The first-order valence-corrected chi connectivity index (χ1v) is 8.46. The molecule has 2 fully saturated rings. The molecule has 2 aliphatic rings. The van der Waals surface area contributed by atoms with Crippen LogP contribution in [0.25, 0.3) is 0 Å². The third-order valence-corrected chi connectivity index (χ3v) is 4.87. The number of carbonyl (C=O) groups excluding carboxylic acids is 1. The lowest BCUT2D eigenvalue weighted by Gasteiger charge is -2.33. The Hall–Kier alpha value is -1.39. The van der Waals surface area contributed by atoms with Crippen molar-refractivity contribution in [2.75, 3.05) is 19.6 Å². The lowest BCUT2D eigenvalue weighted by atomic mass is 9.94. The van der Waals surface area contributed by atoms with Gasteiger partial charge < -0.3 is 10.0 Å². The van der Waals surface area contributed by atoms with Gasteiger partial charge in [0.05, 0.1) is 12.6 Å². The minimum absolute atomic E-state index is 0.144. The highest BCUT2D eigenvalue weighted by atomic mass is 16.3. The second-order valence-electron chi connectivity index (χ2n) is 6.63. The molecule has 1 heterocycles. The highest BCUT2D eigenvalue weighted by Crippen LogP contribution is 2.24. The van der Waals surface area contributed by atoms with Gasteiger partial charge in [0, 0.05) is 25.7 Å². The second-order valence-corrected chi connectivity index (χ2v) is 6.63. The largest absolute Gasteiger partial charge is 0.390 e. The van der Waals surface area contributed by atoms with E-state index in [1.807, 2.05) is 35.2 Å². The van der Waals surface area contributed by atoms with Crippen molar-refractivity contribution < 1.29 is 9.90 Å². The maximum Gasteiger partial charge on any atom is 0.237 e. The topological polar surface area (TPSA) is 43.8 Å². The predicted octanol–water partition coefficient (Wildman–Crippen LogP) is 2.02. The lowest BCUT2D eigenvalue weighted by Crippen LogP contribution is -2.43. The van der Waals surface area contributed by atoms with Crippen LogP contribution in [0.4, 0.5) is 0 Å². The zero-order valence-corrected chi connectivity index (χ0v) is 13.2. The van der Waals surface area contributed by atoms with E-state index >= 15 is 0 Å². The number of rotatable bonds is 3. The Morgan fingerprint density at radius 2 is 1.77 bits per heavy atom. The summed E-state index contributed by atoms with van der Waals surface area (Å²) < 4.78 is 0. The van der Waals surface area contributed by atoms with E-state index in [4.69, 9.17) is 0 Å². The van der Waals surface area contributed by atoms with Crippen LogP contribution in [0.15, 0.2) is 30.3 Å². The summed E-state index contributed by atoms with van der Waals surface area (Å²) in [6.07, 6.45) is 5.69. The molecular weight excluding hydrogens is 276 g/mol. The maximum absolute atomic E-state index is 12.6. The van der Waals surface area contributed by atoms with Gasteiger partial charge in [0.25, 0.3) is 0 Å². The van der Waals surface area contributed by atoms with Crippen LogP contribution < -0.4 is 0 Å². The molecule has 1 unspecified atom stereocenters. The van der Waals surface area contributed by atoms with Gasteiger partial charge in [-0.15, -0.1) is 0 Å². The van der Waals surface area contributed by atoms with Gasteiger partial charge in [-0.1, -0.05) is 49.6 Å². The molecule has 1 saturated carbocycles. The predicted molar refractivity (Wildman–Crippen MR) is 86.3 cm³/mol. The zero-order chi connectivity index (χ0) is 15.4. The summed E-state index contributed by atoms with van der Waals surface area (Å²) in [5.41, 5.74) is 1.12. The van der Waals surface area contributed by atoms with Gasteiger partial charge in [-0.2, -0.15) is 0 Å². The van der Waals surface area contributed by atoms with Gasteiger partial charge in [0.2, 0.25) is 5.91 Å². The normalized spacial score (nSPS) is 25.2. The number of benzene rings is 1. The van der Waals surface area contributed by atoms with Gasteiger partial charge in [-0.05, 0) is 18.4 Å². The molecule has 4 heteroatoms. The van der Waals surface area contributed by atoms with Crippen LogP contribution in [-0.4, -0.2) is 52.6 Å². The summed E-state index contributed by atoms with van der Waals surface area (Å²) in [4.78, 5) is 16.6. The molecule has 1 aromatic carbocycles. The summed E-state index contributed by atoms with van der Waals surface area (Å²) in [6, 6.07) is 10.5. The minimum atomic E-state index is -0.447. The van der Waals surface area contributed by atoms with Crippen molar-refractivity contribution in [1.29, 1.82) is 0 Å². The number of nitrogens with zero attached hydrogens (tertiary/aromatic N) is 2. The van der Waals surface area contributed by atoms with Gasteiger partial charge in [-0.3, -0.25) is 9.69 Å². The van der Waals surface area contributed by atoms with Crippen LogP contribution >= 0.6 is 0 Å². The summed E-state index contributed by atoms with van der Waals surface area (Å²) in [6.45, 7) is 2.11. The molecule has 0 bridgehead atoms. The zero-order valence-electron chi connectivity index (χ0n) is 13.2. The van der Waals surface area contributed by atoms with Crippen molar-refractivity contribution in [3.05, 3.63) is 35.9 Å². The molecule has 0 aromatic heterocycles. The molecule has 0 spiro atoms. The summed E-state index contributed by atoms with van der Waals surface area (Å²) in [7, 11) is 0. The molecule has 3 rings (SSSR count). The number of hydrogen-bond donors (Lipinski definition) is 1. The Balaban J connectivity index is 1.66. The second kappa shape index (κ2) is 7.25. The van der Waals surface area contributed by atoms with Crippen LogP contribution in [-0.2, 0) is 11.3 Å². The third kappa shape index (κ3) is 3.87. The van der Waals surface area contributed by atoms with Crippen molar-refractivity contribution in [2.24, 2.45) is 0 Å². The fraction of sp³-hybridized carbons (Fsp3) is 0.611. The summed E-state index contributed by atoms with van der Waals surface area (Å²) in [5, 5.41) is 10.3. The first kappa shape index (κ1) is 15.5. The van der Waals surface area contributed by atoms with Crippen molar-refractivity contribution in [2.45, 2.75) is 50.8 Å². The maximum atomic E-state index is 12.6. The number of β-amino-alcohol motifs (C(OH)–C–C–N with tert-alkyl or cyclic N) is 1. The highest BCUT2D eigenvalue weighted by molar-refractivity contribution is 5.78. The van der Waals surface area contributed by atoms with E-state index in [1.165, 1.54) is 32.1 Å². The van der Waals surface area contributed by atoms with Crippen LogP contribution in [0.2, 0.25) is 0 Å². The number of carbonyl (C=O) groups is 1. The average Bonchev–Trinajstić information content (AvgIpc) is 2.68. The molecular formula is C18H26N2O2. The summed E-state index contributed by atoms with van der Waals surface area (Å²) in [5.74, 6) is 0.144. The third-order valence-electron chi connectivity index (χ3n) is 4.87. The van der Waals surface area contributed by atoms with Crippen LogP contribution in [0.5, 0.6) is 0 Å². The number of hydrogen-bond acceptors (Lipinski definition) is 3. The smallest absolute Gasteiger partial charge is 0.237 e. The molecule has 120 valence electrons. The Morgan fingerprint density at radius 1 is 1.05 bits per heavy atom. The Bertz CT molecular complexity index is 485. The van der Waals surface area contributed by atoms with E-state index in [1.54, 1.807) is 0 Å². The first-order valence-electron chi connectivity index (χ1n) is 8.46. The van der Waals surface area contributed by atoms with Crippen molar-refractivity contribution in [3.63, 3.8) is 0 Å². The van der Waals surface area contributed by atoms with Crippen LogP contribution in [0.3, 0.4) is 0 Å². The molecule has 1 aliphatic carbocycles. The Morgan fingerprint density at radius 3 is 2.50 bits per heavy atom. The van der Waals surface area contributed by atoms with Crippen LogP contribution in [0.1, 0.15) is 37.7 Å². The summed E-state index contributed by atoms with van der Waals surface area (Å²) >= 11 is 0. The van der Waals surface area contributed by atoms with Gasteiger partial charge >= 0.3 is 0 Å². The van der Waals surface area contributed by atoms with E-state index in [0.717, 1.165) is 5.56 Å². The molecule has 1 saturated heterocycles. The average molecular weight is 302 g/mol. The number of aliphatic hydroxyl groups is 1. The monoisotopic (exact) mass is 302 g/mol. The number of aliphatic hydroxyl groups excluding tert-OH is 1. The van der Waals surface area contributed by atoms with Gasteiger partial charge in [0.1, 0.15) is 0 Å². The fourth-order valence-corrected chi connectivity index (χ4v) is 3.70. The van der Waals surface area contributed by atoms with E-state index in [-0.39, 0.29) is 5.91 Å². The van der Waals surface area contributed by atoms with E-state index in [9.17, 15) is 9.90 Å². The fourth-order valence-electron chi connectivity index (χ4n) is 3.70. The van der Waals surface area contributed by atoms with Crippen molar-refractivity contribution in [3.8, 4) is 0 Å².